The molecule has 0 aromatic heterocycles. The van der Waals surface area contributed by atoms with E-state index < -0.39 is 16.1 Å². The second-order valence-corrected chi connectivity index (χ2v) is 8.64. The summed E-state index contributed by atoms with van der Waals surface area (Å²) in [6, 6.07) is 13.1. The highest BCUT2D eigenvalue weighted by Gasteiger charge is 2.31. The molecule has 6 nitrogen and oxygen atoms in total. The first-order valence-corrected chi connectivity index (χ1v) is 11.1. The van der Waals surface area contributed by atoms with Gasteiger partial charge in [-0.2, -0.15) is 0 Å². The molecule has 0 fully saturated rings. The van der Waals surface area contributed by atoms with Gasteiger partial charge in [-0.05, 0) is 54.8 Å². The van der Waals surface area contributed by atoms with Crippen LogP contribution in [0.4, 0.5) is 5.69 Å². The molecule has 1 amide bonds. The van der Waals surface area contributed by atoms with Crippen LogP contribution in [0.15, 0.2) is 48.5 Å². The lowest BCUT2D eigenvalue weighted by Crippen LogP contribution is -2.49. The van der Waals surface area contributed by atoms with Crippen molar-refractivity contribution in [2.75, 3.05) is 24.2 Å². The van der Waals surface area contributed by atoms with E-state index in [1.54, 1.807) is 38.3 Å². The van der Waals surface area contributed by atoms with Gasteiger partial charge < -0.3 is 10.1 Å². The number of benzene rings is 2. The molecule has 2 aromatic carbocycles. The molecule has 0 saturated carbocycles. The maximum Gasteiger partial charge on any atom is 0.243 e. The summed E-state index contributed by atoms with van der Waals surface area (Å²) in [6.07, 6.45) is 2.06. The molecule has 2 rings (SSSR count). The summed E-state index contributed by atoms with van der Waals surface area (Å²) in [7, 11) is -2.05. The van der Waals surface area contributed by atoms with Crippen LogP contribution in [0.2, 0.25) is 5.02 Å². The van der Waals surface area contributed by atoms with Crippen molar-refractivity contribution in [3.8, 4) is 5.75 Å². The van der Waals surface area contributed by atoms with Gasteiger partial charge in [-0.25, -0.2) is 8.42 Å². The summed E-state index contributed by atoms with van der Waals surface area (Å²) in [5.41, 5.74) is 1.45. The van der Waals surface area contributed by atoms with Gasteiger partial charge in [0.05, 0.1) is 19.1 Å². The van der Waals surface area contributed by atoms with Crippen molar-refractivity contribution >= 4 is 33.2 Å². The minimum Gasteiger partial charge on any atom is -0.497 e. The predicted octanol–water partition coefficient (Wildman–Crippen LogP) is 3.25. The molecule has 0 aliphatic heterocycles. The van der Waals surface area contributed by atoms with Crippen molar-refractivity contribution < 1.29 is 17.9 Å². The van der Waals surface area contributed by atoms with Crippen molar-refractivity contribution in [2.24, 2.45) is 0 Å². The fourth-order valence-electron chi connectivity index (χ4n) is 2.89. The fourth-order valence-corrected chi connectivity index (χ4v) is 4.23. The van der Waals surface area contributed by atoms with Gasteiger partial charge in [0.15, 0.2) is 0 Å². The van der Waals surface area contributed by atoms with Gasteiger partial charge in [-0.15, -0.1) is 0 Å². The highest BCUT2D eigenvalue weighted by molar-refractivity contribution is 7.92. The normalized spacial score (nSPS) is 12.3. The summed E-state index contributed by atoms with van der Waals surface area (Å²) in [6.45, 7) is 2.18. The van der Waals surface area contributed by atoms with Crippen LogP contribution in [0.3, 0.4) is 0 Å². The molecular weight excluding hydrogens is 400 g/mol. The number of carbonyl (C=O) groups excluding carboxylic acids is 1. The Kier molecular flexibility index (Phi) is 7.71. The van der Waals surface area contributed by atoms with Crippen LogP contribution < -0.4 is 14.4 Å². The molecule has 28 heavy (non-hydrogen) atoms. The average molecular weight is 425 g/mol. The van der Waals surface area contributed by atoms with Crippen LogP contribution in [-0.2, 0) is 21.2 Å². The zero-order valence-electron chi connectivity index (χ0n) is 16.2. The third-order valence-corrected chi connectivity index (χ3v) is 5.71. The number of rotatable bonds is 9. The van der Waals surface area contributed by atoms with Crippen molar-refractivity contribution in [1.82, 2.24) is 5.32 Å². The number of nitrogens with zero attached hydrogens (tertiary/aromatic N) is 1. The van der Waals surface area contributed by atoms with Crippen molar-refractivity contribution in [2.45, 2.75) is 25.8 Å². The lowest BCUT2D eigenvalue weighted by Gasteiger charge is -2.30. The number of anilines is 1. The number of nitrogens with one attached hydrogen (secondary N) is 1. The molecule has 0 bridgehead atoms. The van der Waals surface area contributed by atoms with Crippen molar-refractivity contribution in [3.05, 3.63) is 59.1 Å². The van der Waals surface area contributed by atoms with Crippen LogP contribution in [0.5, 0.6) is 5.75 Å². The molecule has 1 atom stereocenters. The van der Waals surface area contributed by atoms with Crippen molar-refractivity contribution in [1.29, 1.82) is 0 Å². The third kappa shape index (κ3) is 5.87. The summed E-state index contributed by atoms with van der Waals surface area (Å²) in [5, 5.41) is 3.34. The first-order chi connectivity index (χ1) is 13.3. The van der Waals surface area contributed by atoms with Gasteiger partial charge in [0.1, 0.15) is 11.8 Å². The SMILES string of the molecule is CCC(C(=O)NCCc1ccc(OC)cc1)N(c1ccc(Cl)cc1)S(C)(=O)=O. The van der Waals surface area contributed by atoms with E-state index in [1.165, 1.54) is 0 Å². The molecule has 8 heteroatoms. The number of ether oxygens (including phenoxy) is 1. The maximum absolute atomic E-state index is 12.7. The summed E-state index contributed by atoms with van der Waals surface area (Å²) < 4.78 is 31.0. The minimum absolute atomic E-state index is 0.337. The van der Waals surface area contributed by atoms with Crippen LogP contribution >= 0.6 is 11.6 Å². The lowest BCUT2D eigenvalue weighted by atomic mass is 10.1. The Hall–Kier alpha value is -2.25. The van der Waals surface area contributed by atoms with Gasteiger partial charge in [0.25, 0.3) is 0 Å². The van der Waals surface area contributed by atoms with Crippen LogP contribution in [0.1, 0.15) is 18.9 Å². The molecule has 0 heterocycles. The zero-order valence-corrected chi connectivity index (χ0v) is 17.8. The molecule has 2 aromatic rings. The monoisotopic (exact) mass is 424 g/mol. The van der Waals surface area contributed by atoms with E-state index in [-0.39, 0.29) is 5.91 Å². The van der Waals surface area contributed by atoms with E-state index in [0.717, 1.165) is 21.9 Å². The molecule has 0 radical (unpaired) electrons. The molecule has 0 spiro atoms. The Morgan fingerprint density at radius 3 is 2.25 bits per heavy atom. The average Bonchev–Trinajstić information content (AvgIpc) is 2.66. The van der Waals surface area contributed by atoms with E-state index in [1.807, 2.05) is 24.3 Å². The number of hydrogen-bond donors (Lipinski definition) is 1. The number of hydrogen-bond acceptors (Lipinski definition) is 4. The Labute approximate surface area is 171 Å². The first kappa shape index (κ1) is 22.0. The van der Waals surface area contributed by atoms with Gasteiger partial charge in [-0.3, -0.25) is 9.10 Å². The molecule has 152 valence electrons. The highest BCUT2D eigenvalue weighted by atomic mass is 35.5. The fraction of sp³-hybridized carbons (Fsp3) is 0.350. The van der Waals surface area contributed by atoms with Gasteiger partial charge in [0.2, 0.25) is 15.9 Å². The van der Waals surface area contributed by atoms with Crippen LogP contribution in [0, 0.1) is 0 Å². The second kappa shape index (κ2) is 9.80. The van der Waals surface area contributed by atoms with Crippen molar-refractivity contribution in [3.63, 3.8) is 0 Å². The largest absolute Gasteiger partial charge is 0.497 e. The van der Waals surface area contributed by atoms with E-state index in [0.29, 0.717) is 30.1 Å². The van der Waals surface area contributed by atoms with Gasteiger partial charge >= 0.3 is 0 Å². The van der Waals surface area contributed by atoms with Crippen LogP contribution in [-0.4, -0.2) is 40.3 Å². The van der Waals surface area contributed by atoms with E-state index in [4.69, 9.17) is 16.3 Å². The molecule has 0 saturated heterocycles. The Balaban J connectivity index is 2.09. The topological polar surface area (TPSA) is 75.7 Å². The molecule has 0 aliphatic carbocycles. The quantitative estimate of drug-likeness (QED) is 0.670. The molecule has 0 aliphatic rings. The number of amides is 1. The lowest BCUT2D eigenvalue weighted by molar-refractivity contribution is -0.122. The second-order valence-electron chi connectivity index (χ2n) is 6.35. The zero-order chi connectivity index (χ0) is 20.7. The first-order valence-electron chi connectivity index (χ1n) is 8.92. The van der Waals surface area contributed by atoms with E-state index in [2.05, 4.69) is 5.32 Å². The molecular formula is C20H25ClN2O4S. The molecule has 1 unspecified atom stereocenters. The number of halogens is 1. The Bertz CT molecular complexity index is 883. The standard InChI is InChI=1S/C20H25ClN2O4S/c1-4-19(23(28(3,25)26)17-9-7-16(21)8-10-17)20(24)22-14-13-15-5-11-18(27-2)12-6-15/h5-12,19H,4,13-14H2,1-3H3,(H,22,24). The summed E-state index contributed by atoms with van der Waals surface area (Å²) in [5.74, 6) is 0.432. The number of methoxy groups -OCH3 is 1. The molecule has 1 N–H and O–H groups in total. The van der Waals surface area contributed by atoms with E-state index >= 15 is 0 Å². The van der Waals surface area contributed by atoms with Gasteiger partial charge in [0, 0.05) is 11.6 Å². The number of sulfonamides is 1. The van der Waals surface area contributed by atoms with Crippen LogP contribution in [0.25, 0.3) is 0 Å². The maximum atomic E-state index is 12.7. The minimum atomic E-state index is -3.66. The van der Waals surface area contributed by atoms with Gasteiger partial charge in [-0.1, -0.05) is 30.7 Å². The smallest absolute Gasteiger partial charge is 0.243 e. The number of carbonyl (C=O) groups is 1. The third-order valence-electron chi connectivity index (χ3n) is 4.28. The Morgan fingerprint density at radius 1 is 1.14 bits per heavy atom. The Morgan fingerprint density at radius 2 is 1.75 bits per heavy atom. The van der Waals surface area contributed by atoms with E-state index in [9.17, 15) is 13.2 Å². The predicted molar refractivity (Wildman–Crippen MR) is 113 cm³/mol. The highest BCUT2D eigenvalue weighted by Crippen LogP contribution is 2.24. The summed E-state index contributed by atoms with van der Waals surface area (Å²) in [4.78, 5) is 12.7. The summed E-state index contributed by atoms with van der Waals surface area (Å²) >= 11 is 5.90.